The van der Waals surface area contributed by atoms with Crippen LogP contribution < -0.4 is 10.5 Å². The van der Waals surface area contributed by atoms with Crippen molar-refractivity contribution in [2.45, 2.75) is 4.90 Å². The maximum Gasteiger partial charge on any atom is 0.264 e. The predicted octanol–water partition coefficient (Wildman–Crippen LogP) is 2.08. The normalized spacial score (nSPS) is 11.7. The summed E-state index contributed by atoms with van der Waals surface area (Å²) in [5.74, 6) is -0.778. The average Bonchev–Trinajstić information content (AvgIpc) is 2.91. The Morgan fingerprint density at radius 1 is 1.19 bits per heavy atom. The van der Waals surface area contributed by atoms with Crippen molar-refractivity contribution in [3.8, 4) is 0 Å². The Bertz CT molecular complexity index is 921. The minimum atomic E-state index is -3.99. The van der Waals surface area contributed by atoms with E-state index < -0.39 is 21.5 Å². The van der Waals surface area contributed by atoms with Crippen LogP contribution >= 0.6 is 0 Å². The van der Waals surface area contributed by atoms with Crippen molar-refractivity contribution in [2.75, 3.05) is 10.5 Å². The Hall–Kier alpha value is -2.61. The van der Waals surface area contributed by atoms with Crippen molar-refractivity contribution in [1.29, 1.82) is 0 Å². The molecule has 0 aliphatic heterocycles. The second kappa shape index (κ2) is 4.74. The monoisotopic (exact) mass is 306 g/mol. The SMILES string of the molecule is Nc1c(F)cccc1S(=O)(=O)Nc1cccc2[nH]ncc12. The number of nitrogen functional groups attached to an aromatic ring is 1. The number of fused-ring (bicyclic) bond motifs is 1. The number of hydrogen-bond donors (Lipinski definition) is 3. The summed E-state index contributed by atoms with van der Waals surface area (Å²) < 4.78 is 40.5. The highest BCUT2D eigenvalue weighted by atomic mass is 32.2. The Kier molecular flexibility index (Phi) is 3.02. The van der Waals surface area contributed by atoms with Crippen molar-refractivity contribution >= 4 is 32.3 Å². The third-order valence-electron chi connectivity index (χ3n) is 3.03. The molecule has 3 rings (SSSR count). The van der Waals surface area contributed by atoms with Gasteiger partial charge in [0.25, 0.3) is 10.0 Å². The standard InChI is InChI=1S/C13H11FN4O2S/c14-9-3-1-6-12(13(9)15)21(19,20)18-11-5-2-4-10-8(11)7-16-17-10/h1-7,18H,15H2,(H,16,17). The summed E-state index contributed by atoms with van der Waals surface area (Å²) in [7, 11) is -3.99. The van der Waals surface area contributed by atoms with Crippen LogP contribution in [0.2, 0.25) is 0 Å². The number of nitrogens with zero attached hydrogens (tertiary/aromatic N) is 1. The summed E-state index contributed by atoms with van der Waals surface area (Å²) in [4.78, 5) is -0.303. The first-order valence-corrected chi connectivity index (χ1v) is 7.46. The summed E-state index contributed by atoms with van der Waals surface area (Å²) >= 11 is 0. The summed E-state index contributed by atoms with van der Waals surface area (Å²) in [6.07, 6.45) is 1.50. The van der Waals surface area contributed by atoms with Gasteiger partial charge in [0.2, 0.25) is 0 Å². The van der Waals surface area contributed by atoms with Crippen molar-refractivity contribution < 1.29 is 12.8 Å². The van der Waals surface area contributed by atoms with Crippen LogP contribution in [0.5, 0.6) is 0 Å². The minimum Gasteiger partial charge on any atom is -0.395 e. The van der Waals surface area contributed by atoms with Gasteiger partial charge in [-0.3, -0.25) is 9.82 Å². The molecule has 4 N–H and O–H groups in total. The highest BCUT2D eigenvalue weighted by Crippen LogP contribution is 2.27. The number of rotatable bonds is 3. The predicted molar refractivity (Wildman–Crippen MR) is 77.7 cm³/mol. The van der Waals surface area contributed by atoms with Crippen LogP contribution in [0.4, 0.5) is 15.8 Å². The quantitative estimate of drug-likeness (QED) is 0.645. The van der Waals surface area contributed by atoms with Gasteiger partial charge >= 0.3 is 0 Å². The van der Waals surface area contributed by atoms with Crippen molar-refractivity contribution in [1.82, 2.24) is 10.2 Å². The number of hydrogen-bond acceptors (Lipinski definition) is 4. The highest BCUT2D eigenvalue weighted by Gasteiger charge is 2.20. The molecule has 2 aromatic carbocycles. The molecule has 6 nitrogen and oxygen atoms in total. The lowest BCUT2D eigenvalue weighted by molar-refractivity contribution is 0.597. The number of para-hydroxylation sites is 1. The molecular weight excluding hydrogens is 295 g/mol. The van der Waals surface area contributed by atoms with Gasteiger partial charge in [0.1, 0.15) is 10.7 Å². The molecule has 0 saturated carbocycles. The van der Waals surface area contributed by atoms with Gasteiger partial charge < -0.3 is 5.73 Å². The third-order valence-corrected chi connectivity index (χ3v) is 4.46. The first kappa shape index (κ1) is 13.4. The van der Waals surface area contributed by atoms with Gasteiger partial charge in [0.05, 0.1) is 23.1 Å². The van der Waals surface area contributed by atoms with Crippen LogP contribution in [-0.2, 0) is 10.0 Å². The Morgan fingerprint density at radius 2 is 1.95 bits per heavy atom. The molecule has 0 atom stereocenters. The van der Waals surface area contributed by atoms with Gasteiger partial charge in [-0.25, -0.2) is 12.8 Å². The number of sulfonamides is 1. The number of nitrogens with one attached hydrogen (secondary N) is 2. The van der Waals surface area contributed by atoms with E-state index in [0.717, 1.165) is 6.07 Å². The average molecular weight is 306 g/mol. The lowest BCUT2D eigenvalue weighted by Crippen LogP contribution is -2.15. The molecule has 0 bridgehead atoms. The Balaban J connectivity index is 2.08. The summed E-state index contributed by atoms with van der Waals surface area (Å²) in [5.41, 5.74) is 6.11. The molecule has 0 aliphatic rings. The number of aromatic nitrogens is 2. The second-order valence-corrected chi connectivity index (χ2v) is 6.04. The highest BCUT2D eigenvalue weighted by molar-refractivity contribution is 7.93. The van der Waals surface area contributed by atoms with Crippen molar-refractivity contribution in [3.63, 3.8) is 0 Å². The van der Waals surface area contributed by atoms with Gasteiger partial charge in [0, 0.05) is 5.39 Å². The number of nitrogens with two attached hydrogens (primary N) is 1. The zero-order chi connectivity index (χ0) is 15.0. The summed E-state index contributed by atoms with van der Waals surface area (Å²) in [6.45, 7) is 0. The molecule has 0 fully saturated rings. The molecule has 21 heavy (non-hydrogen) atoms. The zero-order valence-corrected chi connectivity index (χ0v) is 11.5. The van der Waals surface area contributed by atoms with E-state index in [4.69, 9.17) is 5.73 Å². The molecule has 0 radical (unpaired) electrons. The topological polar surface area (TPSA) is 101 Å². The van der Waals surface area contributed by atoms with Crippen LogP contribution in [-0.4, -0.2) is 18.6 Å². The Labute approximate surface area is 119 Å². The van der Waals surface area contributed by atoms with Gasteiger partial charge in [-0.1, -0.05) is 12.1 Å². The van der Waals surface area contributed by atoms with Gasteiger partial charge in [-0.15, -0.1) is 0 Å². The largest absolute Gasteiger partial charge is 0.395 e. The van der Waals surface area contributed by atoms with Crippen LogP contribution in [0.3, 0.4) is 0 Å². The van der Waals surface area contributed by atoms with Crippen LogP contribution in [0.25, 0.3) is 10.9 Å². The smallest absolute Gasteiger partial charge is 0.264 e. The number of halogens is 1. The molecule has 0 spiro atoms. The first-order chi connectivity index (χ1) is 9.99. The van der Waals surface area contributed by atoms with Crippen LogP contribution in [0, 0.1) is 5.82 Å². The molecule has 8 heteroatoms. The summed E-state index contributed by atoms with van der Waals surface area (Å²) in [5, 5.41) is 7.20. The molecule has 1 aromatic heterocycles. The third kappa shape index (κ3) is 2.29. The fourth-order valence-corrected chi connectivity index (χ4v) is 3.23. The van der Waals surface area contributed by atoms with Crippen LogP contribution in [0.15, 0.2) is 47.5 Å². The fourth-order valence-electron chi connectivity index (χ4n) is 2.01. The lowest BCUT2D eigenvalue weighted by Gasteiger charge is -2.11. The van der Waals surface area contributed by atoms with E-state index in [1.165, 1.54) is 18.3 Å². The second-order valence-electron chi connectivity index (χ2n) is 4.39. The van der Waals surface area contributed by atoms with Gasteiger partial charge in [-0.05, 0) is 24.3 Å². The number of benzene rings is 2. The lowest BCUT2D eigenvalue weighted by atomic mass is 10.2. The molecular formula is C13H11FN4O2S. The van der Waals surface area contributed by atoms with E-state index in [9.17, 15) is 12.8 Å². The van der Waals surface area contributed by atoms with E-state index in [1.54, 1.807) is 18.2 Å². The van der Waals surface area contributed by atoms with E-state index in [0.29, 0.717) is 16.6 Å². The van der Waals surface area contributed by atoms with Gasteiger partial charge in [0.15, 0.2) is 0 Å². The number of aromatic amines is 1. The fraction of sp³-hybridized carbons (Fsp3) is 0. The molecule has 0 unspecified atom stereocenters. The van der Waals surface area contributed by atoms with E-state index in [-0.39, 0.29) is 4.90 Å². The number of H-pyrrole nitrogens is 1. The van der Waals surface area contributed by atoms with E-state index >= 15 is 0 Å². The molecule has 0 saturated heterocycles. The molecule has 108 valence electrons. The zero-order valence-electron chi connectivity index (χ0n) is 10.7. The van der Waals surface area contributed by atoms with Crippen LogP contribution in [0.1, 0.15) is 0 Å². The molecule has 0 aliphatic carbocycles. The molecule has 1 heterocycles. The Morgan fingerprint density at radius 3 is 2.76 bits per heavy atom. The number of anilines is 2. The van der Waals surface area contributed by atoms with Crippen molar-refractivity contribution in [3.05, 3.63) is 48.4 Å². The van der Waals surface area contributed by atoms with E-state index in [2.05, 4.69) is 14.9 Å². The first-order valence-electron chi connectivity index (χ1n) is 5.98. The molecule has 0 amide bonds. The maximum absolute atomic E-state index is 13.4. The van der Waals surface area contributed by atoms with E-state index in [1.807, 2.05) is 0 Å². The molecule has 3 aromatic rings. The minimum absolute atomic E-state index is 0.303. The summed E-state index contributed by atoms with van der Waals surface area (Å²) in [6, 6.07) is 8.66. The van der Waals surface area contributed by atoms with Crippen molar-refractivity contribution in [2.24, 2.45) is 0 Å². The maximum atomic E-state index is 13.4. The van der Waals surface area contributed by atoms with Gasteiger partial charge in [-0.2, -0.15) is 5.10 Å².